The minimum absolute atomic E-state index is 0.0126. The van der Waals surface area contributed by atoms with Crippen molar-refractivity contribution in [2.75, 3.05) is 45.4 Å². The standard InChI is InChI=1S/C23H33N3O3S/c1-17(16-30-3)24-10-8-23(9-11-24)21(27)26(22(28)25(23)12-13-29-2)20-14-18-6-4-5-7-19(18)15-20/h4-7,17,20H,8-16H2,1-3H3/t17-/m1/s1. The van der Waals surface area contributed by atoms with Crippen LogP contribution in [-0.4, -0.2) is 89.6 Å². The Morgan fingerprint density at radius 2 is 1.80 bits per heavy atom. The van der Waals surface area contributed by atoms with E-state index in [1.165, 1.54) is 11.1 Å². The second kappa shape index (κ2) is 8.89. The van der Waals surface area contributed by atoms with Crippen molar-refractivity contribution in [3.63, 3.8) is 0 Å². The number of likely N-dealkylation sites (tertiary alicyclic amines) is 1. The third kappa shape index (κ3) is 3.65. The number of fused-ring (bicyclic) bond motifs is 1. The van der Waals surface area contributed by atoms with Gasteiger partial charge >= 0.3 is 6.03 Å². The third-order valence-electron chi connectivity index (χ3n) is 7.14. The molecule has 6 nitrogen and oxygen atoms in total. The van der Waals surface area contributed by atoms with Crippen LogP contribution in [-0.2, 0) is 22.4 Å². The molecule has 7 heteroatoms. The second-order valence-corrected chi connectivity index (χ2v) is 9.72. The maximum Gasteiger partial charge on any atom is 0.328 e. The quantitative estimate of drug-likeness (QED) is 0.622. The maximum absolute atomic E-state index is 13.8. The zero-order chi connectivity index (χ0) is 21.3. The number of hydrogen-bond donors (Lipinski definition) is 0. The molecule has 0 aromatic heterocycles. The number of ether oxygens (including phenoxy) is 1. The first-order chi connectivity index (χ1) is 14.5. The molecule has 1 aromatic carbocycles. The Morgan fingerprint density at radius 1 is 1.17 bits per heavy atom. The van der Waals surface area contributed by atoms with Gasteiger partial charge in [-0.15, -0.1) is 0 Å². The molecule has 0 bridgehead atoms. The van der Waals surface area contributed by atoms with Gasteiger partial charge in [-0.3, -0.25) is 14.6 Å². The minimum Gasteiger partial charge on any atom is -0.383 e. The van der Waals surface area contributed by atoms with Crippen molar-refractivity contribution >= 4 is 23.7 Å². The van der Waals surface area contributed by atoms with Crippen LogP contribution in [0.15, 0.2) is 24.3 Å². The number of imide groups is 1. The summed E-state index contributed by atoms with van der Waals surface area (Å²) in [6.07, 6.45) is 5.06. The Morgan fingerprint density at radius 3 is 2.37 bits per heavy atom. The van der Waals surface area contributed by atoms with Crippen molar-refractivity contribution in [1.82, 2.24) is 14.7 Å². The van der Waals surface area contributed by atoms with E-state index in [1.54, 1.807) is 12.0 Å². The van der Waals surface area contributed by atoms with E-state index in [4.69, 9.17) is 4.74 Å². The highest BCUT2D eigenvalue weighted by Gasteiger charge is 2.59. The van der Waals surface area contributed by atoms with E-state index in [9.17, 15) is 9.59 Å². The number of carbonyl (C=O) groups is 2. The largest absolute Gasteiger partial charge is 0.383 e. The van der Waals surface area contributed by atoms with Gasteiger partial charge in [0.2, 0.25) is 0 Å². The molecule has 1 atom stereocenters. The van der Waals surface area contributed by atoms with Crippen LogP contribution in [0.4, 0.5) is 4.79 Å². The summed E-state index contributed by atoms with van der Waals surface area (Å²) in [4.78, 5) is 33.2. The second-order valence-electron chi connectivity index (χ2n) is 8.80. The fourth-order valence-corrected chi connectivity index (χ4v) is 6.13. The van der Waals surface area contributed by atoms with Crippen LogP contribution in [0.25, 0.3) is 0 Å². The lowest BCUT2D eigenvalue weighted by Gasteiger charge is -2.44. The molecule has 2 fully saturated rings. The van der Waals surface area contributed by atoms with Gasteiger partial charge in [0.15, 0.2) is 0 Å². The normalized spacial score (nSPS) is 22.9. The van der Waals surface area contributed by atoms with Crippen LogP contribution in [0.3, 0.4) is 0 Å². The number of thioether (sulfide) groups is 1. The highest BCUT2D eigenvalue weighted by molar-refractivity contribution is 7.98. The Hall–Kier alpha value is -1.57. The van der Waals surface area contributed by atoms with E-state index in [-0.39, 0.29) is 18.0 Å². The minimum atomic E-state index is -0.708. The predicted octanol–water partition coefficient (Wildman–Crippen LogP) is 2.65. The lowest BCUT2D eigenvalue weighted by molar-refractivity contribution is -0.137. The zero-order valence-electron chi connectivity index (χ0n) is 18.3. The van der Waals surface area contributed by atoms with Gasteiger partial charge in [0, 0.05) is 44.6 Å². The molecule has 4 rings (SSSR count). The number of amides is 3. The lowest BCUT2D eigenvalue weighted by atomic mass is 9.85. The van der Waals surface area contributed by atoms with Gasteiger partial charge < -0.3 is 9.64 Å². The summed E-state index contributed by atoms with van der Waals surface area (Å²) < 4.78 is 5.29. The summed E-state index contributed by atoms with van der Waals surface area (Å²) in [5.41, 5.74) is 1.81. The molecule has 0 N–H and O–H groups in total. The first kappa shape index (κ1) is 21.7. The first-order valence-corrected chi connectivity index (χ1v) is 12.3. The third-order valence-corrected chi connectivity index (χ3v) is 7.96. The monoisotopic (exact) mass is 431 g/mol. The average molecular weight is 432 g/mol. The highest BCUT2D eigenvalue weighted by atomic mass is 32.2. The molecule has 1 spiro atoms. The fourth-order valence-electron chi connectivity index (χ4n) is 5.44. The number of urea groups is 1. The molecule has 0 unspecified atom stereocenters. The van der Waals surface area contributed by atoms with Gasteiger partial charge in [0.1, 0.15) is 5.54 Å². The highest BCUT2D eigenvalue weighted by Crippen LogP contribution is 2.40. The van der Waals surface area contributed by atoms with Gasteiger partial charge in [0.25, 0.3) is 5.91 Å². The molecule has 3 amide bonds. The van der Waals surface area contributed by atoms with Crippen molar-refractivity contribution in [2.45, 2.75) is 50.2 Å². The number of benzene rings is 1. The summed E-state index contributed by atoms with van der Waals surface area (Å²) in [7, 11) is 1.65. The van der Waals surface area contributed by atoms with Crippen LogP contribution in [0, 0.1) is 0 Å². The number of nitrogens with zero attached hydrogens (tertiary/aromatic N) is 3. The number of methoxy groups -OCH3 is 1. The van der Waals surface area contributed by atoms with Gasteiger partial charge in [-0.05, 0) is 50.0 Å². The Labute approximate surface area is 183 Å². The van der Waals surface area contributed by atoms with Crippen LogP contribution in [0.1, 0.15) is 30.9 Å². The lowest BCUT2D eigenvalue weighted by Crippen LogP contribution is -2.58. The summed E-state index contributed by atoms with van der Waals surface area (Å²) in [6.45, 7) is 4.87. The van der Waals surface area contributed by atoms with Gasteiger partial charge in [-0.2, -0.15) is 11.8 Å². The number of piperidine rings is 1. The van der Waals surface area contributed by atoms with E-state index in [0.29, 0.717) is 32.0 Å². The predicted molar refractivity (Wildman–Crippen MR) is 120 cm³/mol. The molecule has 0 saturated carbocycles. The Kier molecular flexibility index (Phi) is 6.42. The van der Waals surface area contributed by atoms with Crippen LogP contribution in [0.5, 0.6) is 0 Å². The van der Waals surface area contributed by atoms with Crippen molar-refractivity contribution in [3.8, 4) is 0 Å². The van der Waals surface area contributed by atoms with Crippen molar-refractivity contribution in [3.05, 3.63) is 35.4 Å². The molecule has 1 aromatic rings. The van der Waals surface area contributed by atoms with Crippen molar-refractivity contribution in [1.29, 1.82) is 0 Å². The van der Waals surface area contributed by atoms with E-state index in [1.807, 2.05) is 28.8 Å². The summed E-state index contributed by atoms with van der Waals surface area (Å²) >= 11 is 1.85. The van der Waals surface area contributed by atoms with Crippen LogP contribution in [0.2, 0.25) is 0 Å². The van der Waals surface area contributed by atoms with Gasteiger partial charge in [-0.25, -0.2) is 4.79 Å². The SMILES string of the molecule is COCCN1C(=O)N(C2Cc3ccccc3C2)C(=O)C12CCN([C@H](C)CSC)CC2. The molecule has 164 valence electrons. The summed E-state index contributed by atoms with van der Waals surface area (Å²) in [5, 5.41) is 0. The maximum atomic E-state index is 13.8. The van der Waals surface area contributed by atoms with E-state index in [2.05, 4.69) is 30.2 Å². The van der Waals surface area contributed by atoms with E-state index in [0.717, 1.165) is 31.7 Å². The molecular formula is C23H33N3O3S. The fraction of sp³-hybridized carbons (Fsp3) is 0.652. The molecule has 2 heterocycles. The number of rotatable bonds is 7. The first-order valence-electron chi connectivity index (χ1n) is 11.0. The number of hydrogen-bond acceptors (Lipinski definition) is 5. The van der Waals surface area contributed by atoms with Crippen molar-refractivity contribution in [2.24, 2.45) is 0 Å². The Balaban J connectivity index is 1.56. The average Bonchev–Trinajstić information content (AvgIpc) is 3.25. The zero-order valence-corrected chi connectivity index (χ0v) is 19.1. The van der Waals surface area contributed by atoms with Gasteiger partial charge in [-0.1, -0.05) is 24.3 Å². The number of carbonyl (C=O) groups excluding carboxylic acids is 2. The van der Waals surface area contributed by atoms with Crippen LogP contribution < -0.4 is 0 Å². The van der Waals surface area contributed by atoms with Crippen molar-refractivity contribution < 1.29 is 14.3 Å². The smallest absolute Gasteiger partial charge is 0.328 e. The molecule has 2 saturated heterocycles. The van der Waals surface area contributed by atoms with Gasteiger partial charge in [0.05, 0.1) is 6.61 Å². The molecule has 3 aliphatic rings. The van der Waals surface area contributed by atoms with E-state index < -0.39 is 5.54 Å². The summed E-state index contributed by atoms with van der Waals surface area (Å²) in [6, 6.07) is 8.59. The molecular weight excluding hydrogens is 398 g/mol. The topological polar surface area (TPSA) is 53.1 Å². The molecule has 0 radical (unpaired) electrons. The van der Waals surface area contributed by atoms with E-state index >= 15 is 0 Å². The molecule has 2 aliphatic heterocycles. The molecule has 1 aliphatic carbocycles. The summed E-state index contributed by atoms with van der Waals surface area (Å²) in [5.74, 6) is 1.10. The Bertz CT molecular complexity index is 769. The molecule has 30 heavy (non-hydrogen) atoms. The van der Waals surface area contributed by atoms with Crippen LogP contribution >= 0.6 is 11.8 Å².